The lowest BCUT2D eigenvalue weighted by molar-refractivity contribution is -0.387. The lowest BCUT2D eigenvalue weighted by Crippen LogP contribution is -2.03. The molecular weight excluding hydrogens is 223 g/mol. The molecule has 1 aromatic rings. The molecule has 1 atom stereocenters. The molecule has 0 aliphatic carbocycles. The van der Waals surface area contributed by atoms with E-state index in [4.69, 9.17) is 5.14 Å². The molecule has 2 N–H and O–H groups in total. The smallest absolute Gasteiger partial charge is 0.258 e. The first-order valence-electron chi connectivity index (χ1n) is 4.12. The minimum atomic E-state index is -1.84. The third-order valence-corrected chi connectivity index (χ3v) is 2.07. The van der Waals surface area contributed by atoms with Crippen molar-refractivity contribution >= 4 is 16.7 Å². The van der Waals surface area contributed by atoms with E-state index in [9.17, 15) is 18.7 Å². The maximum atomic E-state index is 12.7. The minimum absolute atomic E-state index is 0.0214. The fourth-order valence-corrected chi connectivity index (χ4v) is 1.19. The molecule has 0 aliphatic rings. The van der Waals surface area contributed by atoms with Gasteiger partial charge in [-0.3, -0.25) is 10.1 Å². The zero-order valence-electron chi connectivity index (χ0n) is 8.27. The number of nitrogens with zero attached hydrogens (tertiary/aromatic N) is 1. The lowest BCUT2D eigenvalue weighted by Gasteiger charge is -1.96. The summed E-state index contributed by atoms with van der Waals surface area (Å²) in [5.41, 5.74) is -0.726. The molecule has 1 unspecified atom stereocenters. The van der Waals surface area contributed by atoms with Crippen LogP contribution in [0.5, 0.6) is 0 Å². The monoisotopic (exact) mass is 234 g/mol. The Morgan fingerprint density at radius 1 is 1.47 bits per heavy atom. The van der Waals surface area contributed by atoms with E-state index in [2.05, 4.69) is 0 Å². The number of benzene rings is 1. The summed E-state index contributed by atoms with van der Waals surface area (Å²) >= 11 is 0. The number of nitro groups is 1. The van der Waals surface area contributed by atoms with E-state index in [1.54, 1.807) is 0 Å². The van der Waals surface area contributed by atoms with E-state index in [0.29, 0.717) is 0 Å². The second-order valence-corrected chi connectivity index (χ2v) is 3.23. The van der Waals surface area contributed by atoms with Gasteiger partial charge in [0.2, 0.25) is 5.82 Å². The molecular formula is C8H11FN2O3S. The van der Waals surface area contributed by atoms with Crippen LogP contribution in [0.4, 0.5) is 10.1 Å². The van der Waals surface area contributed by atoms with Crippen LogP contribution in [0.1, 0.15) is 13.8 Å². The maximum absolute atomic E-state index is 12.7. The van der Waals surface area contributed by atoms with E-state index in [1.165, 1.54) is 0 Å². The molecule has 84 valence electrons. The van der Waals surface area contributed by atoms with Crippen molar-refractivity contribution in [3.05, 3.63) is 34.1 Å². The van der Waals surface area contributed by atoms with Crippen molar-refractivity contribution in [2.45, 2.75) is 18.7 Å². The third-order valence-electron chi connectivity index (χ3n) is 1.35. The van der Waals surface area contributed by atoms with Crippen molar-refractivity contribution < 1.29 is 13.5 Å². The number of nitro benzene ring substituents is 1. The van der Waals surface area contributed by atoms with Crippen LogP contribution in [-0.4, -0.2) is 9.13 Å². The van der Waals surface area contributed by atoms with E-state index >= 15 is 0 Å². The number of rotatable bonds is 2. The van der Waals surface area contributed by atoms with Gasteiger partial charge in [-0.05, 0) is 12.1 Å². The quantitative estimate of drug-likeness (QED) is 0.624. The molecule has 5 nitrogen and oxygen atoms in total. The Bertz CT molecular complexity index is 384. The predicted molar refractivity (Wildman–Crippen MR) is 55.0 cm³/mol. The fraction of sp³-hybridized carbons (Fsp3) is 0.250. The van der Waals surface area contributed by atoms with Gasteiger partial charge in [-0.25, -0.2) is 9.35 Å². The fourth-order valence-electron chi connectivity index (χ4n) is 0.758. The molecule has 0 heterocycles. The average molecular weight is 234 g/mol. The number of hydrogen-bond donors (Lipinski definition) is 1. The van der Waals surface area contributed by atoms with Gasteiger partial charge < -0.3 is 0 Å². The highest BCUT2D eigenvalue weighted by Crippen LogP contribution is 2.19. The van der Waals surface area contributed by atoms with Crippen LogP contribution in [0.3, 0.4) is 0 Å². The molecule has 7 heteroatoms. The van der Waals surface area contributed by atoms with Crippen LogP contribution in [0.15, 0.2) is 23.1 Å². The normalized spacial score (nSPS) is 11.2. The highest BCUT2D eigenvalue weighted by Gasteiger charge is 2.15. The molecule has 0 saturated carbocycles. The highest BCUT2D eigenvalue weighted by atomic mass is 32.2. The Balaban J connectivity index is 0.000000921. The van der Waals surface area contributed by atoms with Gasteiger partial charge in [-0.2, -0.15) is 4.39 Å². The molecule has 0 aliphatic heterocycles. The molecule has 0 bridgehead atoms. The number of hydrogen-bond acceptors (Lipinski definition) is 3. The summed E-state index contributed by atoms with van der Waals surface area (Å²) in [5.74, 6) is -0.973. The van der Waals surface area contributed by atoms with Gasteiger partial charge >= 0.3 is 5.69 Å². The van der Waals surface area contributed by atoms with Gasteiger partial charge in [-0.15, -0.1) is 0 Å². The Labute approximate surface area is 88.8 Å². The molecule has 0 aromatic heterocycles. The van der Waals surface area contributed by atoms with Gasteiger partial charge in [0.25, 0.3) is 0 Å². The maximum Gasteiger partial charge on any atom is 0.306 e. The molecule has 0 amide bonds. The van der Waals surface area contributed by atoms with E-state index in [-0.39, 0.29) is 4.90 Å². The largest absolute Gasteiger partial charge is 0.306 e. The summed E-state index contributed by atoms with van der Waals surface area (Å²) in [6.45, 7) is 4.00. The summed E-state index contributed by atoms with van der Waals surface area (Å²) < 4.78 is 23.4. The van der Waals surface area contributed by atoms with Crippen LogP contribution < -0.4 is 5.14 Å². The van der Waals surface area contributed by atoms with E-state index in [0.717, 1.165) is 18.2 Å². The van der Waals surface area contributed by atoms with Gasteiger partial charge in [0.1, 0.15) is 11.0 Å². The van der Waals surface area contributed by atoms with E-state index in [1.807, 2.05) is 13.8 Å². The standard InChI is InChI=1S/C6H5FN2O3S.C2H6/c7-5-2-1-4(13(8)12)3-6(5)9(10)11;1-2/h1-3H,8H2;1-2H3. The summed E-state index contributed by atoms with van der Waals surface area (Å²) in [6.07, 6.45) is 0. The van der Waals surface area contributed by atoms with Crippen molar-refractivity contribution in [2.75, 3.05) is 0 Å². The minimum Gasteiger partial charge on any atom is -0.258 e. The Morgan fingerprint density at radius 3 is 2.40 bits per heavy atom. The van der Waals surface area contributed by atoms with Crippen LogP contribution >= 0.6 is 0 Å². The molecule has 0 radical (unpaired) electrons. The first kappa shape index (κ1) is 13.7. The van der Waals surface area contributed by atoms with Gasteiger partial charge in [0, 0.05) is 6.07 Å². The number of nitrogens with two attached hydrogens (primary N) is 1. The Morgan fingerprint density at radius 2 is 2.00 bits per heavy atom. The zero-order valence-corrected chi connectivity index (χ0v) is 9.08. The molecule has 0 saturated heterocycles. The average Bonchev–Trinajstić information content (AvgIpc) is 2.20. The topological polar surface area (TPSA) is 86.2 Å². The van der Waals surface area contributed by atoms with Crippen LogP contribution in [0.2, 0.25) is 0 Å². The molecule has 1 rings (SSSR count). The summed E-state index contributed by atoms with van der Waals surface area (Å²) in [5, 5.41) is 15.2. The predicted octanol–water partition coefficient (Wildman–Crippen LogP) is 1.74. The number of halogens is 1. The van der Waals surface area contributed by atoms with Crippen LogP contribution in [-0.2, 0) is 11.0 Å². The van der Waals surface area contributed by atoms with Gasteiger partial charge in [-0.1, -0.05) is 13.8 Å². The zero-order chi connectivity index (χ0) is 12.0. The van der Waals surface area contributed by atoms with Crippen molar-refractivity contribution in [3.8, 4) is 0 Å². The van der Waals surface area contributed by atoms with Crippen LogP contribution in [0, 0.1) is 15.9 Å². The second kappa shape index (κ2) is 6.20. The molecule has 0 fully saturated rings. The van der Waals surface area contributed by atoms with E-state index < -0.39 is 27.4 Å². The molecule has 15 heavy (non-hydrogen) atoms. The summed E-state index contributed by atoms with van der Waals surface area (Å²) in [7, 11) is -1.84. The first-order valence-corrected chi connectivity index (χ1v) is 5.34. The van der Waals surface area contributed by atoms with Gasteiger partial charge in [0.05, 0.1) is 9.82 Å². The Hall–Kier alpha value is -1.34. The molecule has 0 spiro atoms. The van der Waals surface area contributed by atoms with Crippen molar-refractivity contribution in [2.24, 2.45) is 5.14 Å². The van der Waals surface area contributed by atoms with Crippen molar-refractivity contribution in [1.82, 2.24) is 0 Å². The summed E-state index contributed by atoms with van der Waals surface area (Å²) in [4.78, 5) is 9.35. The SMILES string of the molecule is CC.NS(=O)c1ccc(F)c([N+](=O)[O-])c1. The van der Waals surface area contributed by atoms with Crippen molar-refractivity contribution in [1.29, 1.82) is 0 Å². The first-order chi connectivity index (χ1) is 7.02. The van der Waals surface area contributed by atoms with Crippen molar-refractivity contribution in [3.63, 3.8) is 0 Å². The second-order valence-electron chi connectivity index (χ2n) is 2.17. The Kier molecular flexibility index (Phi) is 5.65. The van der Waals surface area contributed by atoms with Crippen LogP contribution in [0.25, 0.3) is 0 Å². The third kappa shape index (κ3) is 3.72. The lowest BCUT2D eigenvalue weighted by atomic mass is 10.3. The molecule has 1 aromatic carbocycles. The highest BCUT2D eigenvalue weighted by molar-refractivity contribution is 7.82. The summed E-state index contributed by atoms with van der Waals surface area (Å²) in [6, 6.07) is 2.85. The van der Waals surface area contributed by atoms with Gasteiger partial charge in [0.15, 0.2) is 0 Å².